The zero-order chi connectivity index (χ0) is 19.5. The first-order chi connectivity index (χ1) is 13.6. The Kier molecular flexibility index (Phi) is 4.81. The van der Waals surface area contributed by atoms with E-state index >= 15 is 0 Å². The molecule has 0 bridgehead atoms. The van der Waals surface area contributed by atoms with Crippen LogP contribution in [0.2, 0.25) is 0 Å². The number of aromatic nitrogens is 4. The number of carbonyl (C=O) groups is 1. The molecular weight excluding hydrogens is 378 g/mol. The number of thioether (sulfide) groups is 1. The first-order valence-corrected chi connectivity index (χ1v) is 9.26. The van der Waals surface area contributed by atoms with Gasteiger partial charge in [0, 0.05) is 17.7 Å². The van der Waals surface area contributed by atoms with Gasteiger partial charge in [-0.05, 0) is 24.3 Å². The molecule has 0 radical (unpaired) electrons. The van der Waals surface area contributed by atoms with Crippen molar-refractivity contribution < 1.29 is 9.72 Å². The van der Waals surface area contributed by atoms with Crippen molar-refractivity contribution in [3.8, 4) is 5.69 Å². The Morgan fingerprint density at radius 1 is 1.07 bits per heavy atom. The average molecular weight is 391 g/mol. The van der Waals surface area contributed by atoms with E-state index in [2.05, 4.69) is 15.1 Å². The normalized spacial score (nSPS) is 10.9. The highest BCUT2D eigenvalue weighted by atomic mass is 32.2. The Morgan fingerprint density at radius 2 is 1.82 bits per heavy atom. The zero-order valence-electron chi connectivity index (χ0n) is 14.4. The second kappa shape index (κ2) is 7.57. The van der Waals surface area contributed by atoms with E-state index in [0.717, 1.165) is 11.1 Å². The van der Waals surface area contributed by atoms with Gasteiger partial charge in [0.15, 0.2) is 11.4 Å². The molecule has 2 heterocycles. The smallest absolute Gasteiger partial charge is 0.269 e. The van der Waals surface area contributed by atoms with Crippen molar-refractivity contribution in [1.82, 2.24) is 19.7 Å². The van der Waals surface area contributed by atoms with Crippen LogP contribution in [0.4, 0.5) is 5.69 Å². The molecule has 0 amide bonds. The lowest BCUT2D eigenvalue weighted by Gasteiger charge is -2.04. The molecular formula is C19H13N5O3S. The summed E-state index contributed by atoms with van der Waals surface area (Å²) in [6.45, 7) is 0. The molecule has 0 aliphatic carbocycles. The maximum Gasteiger partial charge on any atom is 0.269 e. The van der Waals surface area contributed by atoms with Gasteiger partial charge in [0.25, 0.3) is 5.69 Å². The Bertz CT molecular complexity index is 1160. The van der Waals surface area contributed by atoms with E-state index in [9.17, 15) is 14.9 Å². The highest BCUT2D eigenvalue weighted by Gasteiger charge is 2.14. The SMILES string of the molecule is O=C(CSc1ncnc2c1cnn2-c1ccccc1)c1ccc([N+](=O)[O-])cc1. The molecule has 0 atom stereocenters. The lowest BCUT2D eigenvalue weighted by Crippen LogP contribution is -2.03. The summed E-state index contributed by atoms with van der Waals surface area (Å²) in [7, 11) is 0. The van der Waals surface area contributed by atoms with Crippen molar-refractivity contribution >= 4 is 34.3 Å². The van der Waals surface area contributed by atoms with Gasteiger partial charge in [0.1, 0.15) is 11.4 Å². The van der Waals surface area contributed by atoms with Crippen LogP contribution in [0.3, 0.4) is 0 Å². The third kappa shape index (κ3) is 3.47. The van der Waals surface area contributed by atoms with Crippen molar-refractivity contribution in [2.24, 2.45) is 0 Å². The van der Waals surface area contributed by atoms with Crippen LogP contribution in [-0.2, 0) is 0 Å². The predicted molar refractivity (Wildman–Crippen MR) is 105 cm³/mol. The Morgan fingerprint density at radius 3 is 2.54 bits per heavy atom. The fraction of sp³-hybridized carbons (Fsp3) is 0.0526. The summed E-state index contributed by atoms with van der Waals surface area (Å²) in [6, 6.07) is 15.2. The quantitative estimate of drug-likeness (QED) is 0.162. The molecule has 4 aromatic rings. The average Bonchev–Trinajstić information content (AvgIpc) is 3.17. The van der Waals surface area contributed by atoms with Crippen molar-refractivity contribution in [3.05, 3.63) is 82.8 Å². The van der Waals surface area contributed by atoms with E-state index in [1.807, 2.05) is 30.3 Å². The summed E-state index contributed by atoms with van der Waals surface area (Å²) in [5, 5.41) is 16.5. The molecule has 0 saturated heterocycles. The van der Waals surface area contributed by atoms with Crippen molar-refractivity contribution in [2.45, 2.75) is 5.03 Å². The number of ketones is 1. The van der Waals surface area contributed by atoms with E-state index in [1.165, 1.54) is 42.4 Å². The zero-order valence-corrected chi connectivity index (χ0v) is 15.2. The van der Waals surface area contributed by atoms with Gasteiger partial charge < -0.3 is 0 Å². The second-order valence-corrected chi connectivity index (χ2v) is 6.79. The monoisotopic (exact) mass is 391 g/mol. The van der Waals surface area contributed by atoms with Gasteiger partial charge in [-0.15, -0.1) is 0 Å². The number of non-ortho nitro benzene ring substituents is 1. The maximum absolute atomic E-state index is 12.4. The Labute approximate surface area is 163 Å². The number of rotatable bonds is 6. The van der Waals surface area contributed by atoms with Gasteiger partial charge in [-0.3, -0.25) is 14.9 Å². The number of hydrogen-bond acceptors (Lipinski definition) is 7. The van der Waals surface area contributed by atoms with Gasteiger partial charge in [-0.1, -0.05) is 30.0 Å². The summed E-state index contributed by atoms with van der Waals surface area (Å²) in [6.07, 6.45) is 3.13. The standard InChI is InChI=1S/C19H13N5O3S/c25-17(13-6-8-15(9-7-13)24(26)27)11-28-19-16-10-22-23(18(16)20-12-21-19)14-4-2-1-3-5-14/h1-10,12H,11H2. The number of carbonyl (C=O) groups excluding carboxylic acids is 1. The van der Waals surface area contributed by atoms with Crippen LogP contribution in [-0.4, -0.2) is 36.2 Å². The van der Waals surface area contributed by atoms with Crippen LogP contribution >= 0.6 is 11.8 Å². The molecule has 138 valence electrons. The van der Waals surface area contributed by atoms with Crippen LogP contribution in [0.25, 0.3) is 16.7 Å². The minimum Gasteiger partial charge on any atom is -0.293 e. The third-order valence-electron chi connectivity index (χ3n) is 4.07. The molecule has 4 rings (SSSR count). The molecule has 0 N–H and O–H groups in total. The van der Waals surface area contributed by atoms with Crippen molar-refractivity contribution in [2.75, 3.05) is 5.75 Å². The molecule has 0 aliphatic heterocycles. The molecule has 2 aromatic carbocycles. The minimum atomic E-state index is -0.495. The molecule has 28 heavy (non-hydrogen) atoms. The number of Topliss-reactive ketones (excluding diaryl/α,β-unsaturated/α-hetero) is 1. The van der Waals surface area contributed by atoms with E-state index in [1.54, 1.807) is 10.9 Å². The van der Waals surface area contributed by atoms with Gasteiger partial charge in [0.2, 0.25) is 0 Å². The van der Waals surface area contributed by atoms with Crippen molar-refractivity contribution in [1.29, 1.82) is 0 Å². The molecule has 0 unspecified atom stereocenters. The van der Waals surface area contributed by atoms with Crippen LogP contribution in [0, 0.1) is 10.1 Å². The molecule has 9 heteroatoms. The first-order valence-electron chi connectivity index (χ1n) is 8.28. The van der Waals surface area contributed by atoms with Crippen molar-refractivity contribution in [3.63, 3.8) is 0 Å². The summed E-state index contributed by atoms with van der Waals surface area (Å²) >= 11 is 1.28. The number of benzene rings is 2. The van der Waals surface area contributed by atoms with E-state index in [0.29, 0.717) is 16.2 Å². The van der Waals surface area contributed by atoms with Gasteiger partial charge in [0.05, 0.1) is 27.9 Å². The maximum atomic E-state index is 12.4. The highest BCUT2D eigenvalue weighted by molar-refractivity contribution is 8.00. The second-order valence-electron chi connectivity index (χ2n) is 5.82. The molecule has 2 aromatic heterocycles. The number of hydrogen-bond donors (Lipinski definition) is 0. The number of nitrogens with zero attached hydrogens (tertiary/aromatic N) is 5. The fourth-order valence-corrected chi connectivity index (χ4v) is 3.54. The van der Waals surface area contributed by atoms with Gasteiger partial charge >= 0.3 is 0 Å². The number of nitro benzene ring substituents is 1. The number of nitro groups is 1. The minimum absolute atomic E-state index is 0.0463. The summed E-state index contributed by atoms with van der Waals surface area (Å²) in [5.74, 6) is 0.0163. The highest BCUT2D eigenvalue weighted by Crippen LogP contribution is 2.26. The summed E-state index contributed by atoms with van der Waals surface area (Å²) in [5.41, 5.74) is 1.92. The lowest BCUT2D eigenvalue weighted by molar-refractivity contribution is -0.384. The number of fused-ring (bicyclic) bond motifs is 1. The van der Waals surface area contributed by atoms with Crippen LogP contribution in [0.1, 0.15) is 10.4 Å². The molecule has 0 fully saturated rings. The van der Waals surface area contributed by atoms with Crippen LogP contribution < -0.4 is 0 Å². The van der Waals surface area contributed by atoms with Crippen LogP contribution in [0.15, 0.2) is 72.1 Å². The lowest BCUT2D eigenvalue weighted by atomic mass is 10.1. The fourth-order valence-electron chi connectivity index (χ4n) is 2.68. The molecule has 0 saturated carbocycles. The van der Waals surface area contributed by atoms with Gasteiger partial charge in [-0.25, -0.2) is 14.6 Å². The molecule has 0 aliphatic rings. The van der Waals surface area contributed by atoms with E-state index in [-0.39, 0.29) is 17.2 Å². The summed E-state index contributed by atoms with van der Waals surface area (Å²) in [4.78, 5) is 31.2. The first kappa shape index (κ1) is 17.8. The van der Waals surface area contributed by atoms with E-state index in [4.69, 9.17) is 0 Å². The predicted octanol–water partition coefficient (Wildman–Crippen LogP) is 3.70. The third-order valence-corrected chi connectivity index (χ3v) is 5.08. The Balaban J connectivity index is 1.54. The Hall–Kier alpha value is -3.59. The topological polar surface area (TPSA) is 104 Å². The molecule has 8 nitrogen and oxygen atoms in total. The number of para-hydroxylation sites is 1. The van der Waals surface area contributed by atoms with Crippen LogP contribution in [0.5, 0.6) is 0 Å². The van der Waals surface area contributed by atoms with Gasteiger partial charge in [-0.2, -0.15) is 5.10 Å². The summed E-state index contributed by atoms with van der Waals surface area (Å²) < 4.78 is 1.72. The molecule has 0 spiro atoms. The van der Waals surface area contributed by atoms with E-state index < -0.39 is 4.92 Å². The largest absolute Gasteiger partial charge is 0.293 e.